The SMILES string of the molecule is C/C=C/[C@H](CC)[C@@H](C)CCCC. The van der Waals surface area contributed by atoms with E-state index in [2.05, 4.69) is 39.8 Å². The summed E-state index contributed by atoms with van der Waals surface area (Å²) in [6.07, 6.45) is 9.94. The van der Waals surface area contributed by atoms with Crippen LogP contribution in [0.5, 0.6) is 0 Å². The molecule has 12 heavy (non-hydrogen) atoms. The molecule has 72 valence electrons. The third-order valence-corrected chi connectivity index (χ3v) is 2.65. The molecule has 0 aliphatic carbocycles. The molecule has 0 amide bonds. The minimum atomic E-state index is 0.807. The second-order valence-electron chi connectivity index (χ2n) is 3.72. The third-order valence-electron chi connectivity index (χ3n) is 2.65. The number of rotatable bonds is 6. The van der Waals surface area contributed by atoms with Crippen molar-refractivity contribution in [2.75, 3.05) is 0 Å². The third kappa shape index (κ3) is 4.58. The van der Waals surface area contributed by atoms with Crippen LogP contribution in [0, 0.1) is 11.8 Å². The van der Waals surface area contributed by atoms with E-state index in [1.54, 1.807) is 0 Å². The lowest BCUT2D eigenvalue weighted by Gasteiger charge is -2.18. The quantitative estimate of drug-likeness (QED) is 0.515. The first kappa shape index (κ1) is 11.7. The fourth-order valence-corrected chi connectivity index (χ4v) is 1.72. The molecule has 0 fully saturated rings. The topological polar surface area (TPSA) is 0 Å². The van der Waals surface area contributed by atoms with Gasteiger partial charge in [0.1, 0.15) is 0 Å². The zero-order chi connectivity index (χ0) is 9.40. The van der Waals surface area contributed by atoms with E-state index in [0.29, 0.717) is 0 Å². The van der Waals surface area contributed by atoms with Gasteiger partial charge in [0.25, 0.3) is 0 Å². The van der Waals surface area contributed by atoms with Crippen molar-refractivity contribution in [1.82, 2.24) is 0 Å². The Bertz CT molecular complexity index is 113. The van der Waals surface area contributed by atoms with Crippen LogP contribution in [-0.2, 0) is 0 Å². The molecule has 0 aromatic rings. The van der Waals surface area contributed by atoms with Gasteiger partial charge in [-0.05, 0) is 25.2 Å². The fraction of sp³-hybridized carbons (Fsp3) is 0.833. The molecule has 0 saturated carbocycles. The molecule has 0 saturated heterocycles. The smallest absolute Gasteiger partial charge is 0.0210 e. The molecule has 0 heteroatoms. The van der Waals surface area contributed by atoms with E-state index < -0.39 is 0 Å². The summed E-state index contributed by atoms with van der Waals surface area (Å²) in [5.41, 5.74) is 0. The van der Waals surface area contributed by atoms with Crippen molar-refractivity contribution in [2.24, 2.45) is 11.8 Å². The summed E-state index contributed by atoms with van der Waals surface area (Å²) < 4.78 is 0. The second-order valence-corrected chi connectivity index (χ2v) is 3.72. The Morgan fingerprint density at radius 3 is 2.33 bits per heavy atom. The highest BCUT2D eigenvalue weighted by molar-refractivity contribution is 4.87. The van der Waals surface area contributed by atoms with Gasteiger partial charge in [0.15, 0.2) is 0 Å². The van der Waals surface area contributed by atoms with Gasteiger partial charge in [-0.1, -0.05) is 52.2 Å². The lowest BCUT2D eigenvalue weighted by molar-refractivity contribution is 0.380. The molecule has 0 unspecified atom stereocenters. The Morgan fingerprint density at radius 1 is 1.25 bits per heavy atom. The Hall–Kier alpha value is -0.260. The lowest BCUT2D eigenvalue weighted by atomic mass is 9.87. The maximum Gasteiger partial charge on any atom is -0.0210 e. The van der Waals surface area contributed by atoms with E-state index in [0.717, 1.165) is 11.8 Å². The first-order valence-corrected chi connectivity index (χ1v) is 5.39. The molecule has 0 nitrogen and oxygen atoms in total. The van der Waals surface area contributed by atoms with Crippen LogP contribution < -0.4 is 0 Å². The molecule has 0 aromatic heterocycles. The van der Waals surface area contributed by atoms with Crippen LogP contribution in [-0.4, -0.2) is 0 Å². The van der Waals surface area contributed by atoms with Crippen molar-refractivity contribution in [3.8, 4) is 0 Å². The van der Waals surface area contributed by atoms with Gasteiger partial charge in [0, 0.05) is 0 Å². The zero-order valence-corrected chi connectivity index (χ0v) is 9.14. The monoisotopic (exact) mass is 168 g/mol. The Morgan fingerprint density at radius 2 is 1.92 bits per heavy atom. The maximum atomic E-state index is 2.38. The highest BCUT2D eigenvalue weighted by atomic mass is 14.2. The van der Waals surface area contributed by atoms with E-state index in [4.69, 9.17) is 0 Å². The maximum absolute atomic E-state index is 2.38. The van der Waals surface area contributed by atoms with Gasteiger partial charge < -0.3 is 0 Å². The minimum absolute atomic E-state index is 0.807. The van der Waals surface area contributed by atoms with Gasteiger partial charge in [-0.3, -0.25) is 0 Å². The molecule has 0 rings (SSSR count). The Balaban J connectivity index is 3.76. The normalized spacial score (nSPS) is 16.7. The minimum Gasteiger partial charge on any atom is -0.0914 e. The van der Waals surface area contributed by atoms with Gasteiger partial charge in [-0.2, -0.15) is 0 Å². The van der Waals surface area contributed by atoms with Crippen molar-refractivity contribution in [1.29, 1.82) is 0 Å². The highest BCUT2D eigenvalue weighted by Crippen LogP contribution is 2.22. The summed E-state index contributed by atoms with van der Waals surface area (Å²) in [5.74, 6) is 1.67. The van der Waals surface area contributed by atoms with Crippen LogP contribution in [0.25, 0.3) is 0 Å². The van der Waals surface area contributed by atoms with Gasteiger partial charge >= 0.3 is 0 Å². The van der Waals surface area contributed by atoms with Crippen LogP contribution in [0.4, 0.5) is 0 Å². The van der Waals surface area contributed by atoms with Gasteiger partial charge in [0.2, 0.25) is 0 Å². The van der Waals surface area contributed by atoms with Crippen LogP contribution in [0.2, 0.25) is 0 Å². The van der Waals surface area contributed by atoms with Crippen molar-refractivity contribution < 1.29 is 0 Å². The summed E-state index contributed by atoms with van der Waals surface area (Å²) in [5, 5.41) is 0. The molecule has 0 aliphatic heterocycles. The van der Waals surface area contributed by atoms with Crippen LogP contribution in [0.3, 0.4) is 0 Å². The van der Waals surface area contributed by atoms with Gasteiger partial charge in [-0.25, -0.2) is 0 Å². The first-order chi connectivity index (χ1) is 5.76. The largest absolute Gasteiger partial charge is 0.0914 e. The van der Waals surface area contributed by atoms with Gasteiger partial charge in [0.05, 0.1) is 0 Å². The van der Waals surface area contributed by atoms with E-state index in [1.165, 1.54) is 25.7 Å². The number of hydrogen-bond acceptors (Lipinski definition) is 0. The molecular formula is C12H24. The summed E-state index contributed by atoms with van der Waals surface area (Å²) in [4.78, 5) is 0. The molecule has 0 spiro atoms. The van der Waals surface area contributed by atoms with Gasteiger partial charge in [-0.15, -0.1) is 0 Å². The van der Waals surface area contributed by atoms with E-state index in [9.17, 15) is 0 Å². The van der Waals surface area contributed by atoms with Crippen molar-refractivity contribution >= 4 is 0 Å². The van der Waals surface area contributed by atoms with Crippen molar-refractivity contribution in [3.63, 3.8) is 0 Å². The molecular weight excluding hydrogens is 144 g/mol. The summed E-state index contributed by atoms with van der Waals surface area (Å²) in [6, 6.07) is 0. The molecule has 0 bridgehead atoms. The molecule has 0 radical (unpaired) electrons. The summed E-state index contributed by atoms with van der Waals surface area (Å²) >= 11 is 0. The van der Waals surface area contributed by atoms with E-state index in [-0.39, 0.29) is 0 Å². The Labute approximate surface area is 78.1 Å². The van der Waals surface area contributed by atoms with Crippen LogP contribution >= 0.6 is 0 Å². The number of unbranched alkanes of at least 4 members (excludes halogenated alkanes) is 1. The lowest BCUT2D eigenvalue weighted by Crippen LogP contribution is -2.07. The van der Waals surface area contributed by atoms with E-state index in [1.807, 2.05) is 0 Å². The first-order valence-electron chi connectivity index (χ1n) is 5.39. The molecule has 0 N–H and O–H groups in total. The Kier molecular flexibility index (Phi) is 7.23. The zero-order valence-electron chi connectivity index (χ0n) is 9.14. The van der Waals surface area contributed by atoms with E-state index >= 15 is 0 Å². The second kappa shape index (κ2) is 7.39. The molecule has 0 heterocycles. The molecule has 0 aromatic carbocycles. The standard InChI is InChI=1S/C12H24/c1-5-8-10-11(4)12(7-3)9-6-2/h6,9,11-12H,5,7-8,10H2,1-4H3/b9-6+/t11-,12-/m0/s1. The molecule has 2 atom stereocenters. The number of allylic oxidation sites excluding steroid dienone is 2. The van der Waals surface area contributed by atoms with Crippen LogP contribution in [0.15, 0.2) is 12.2 Å². The van der Waals surface area contributed by atoms with Crippen LogP contribution in [0.1, 0.15) is 53.4 Å². The summed E-state index contributed by atoms with van der Waals surface area (Å²) in [7, 11) is 0. The van der Waals surface area contributed by atoms with Crippen molar-refractivity contribution in [2.45, 2.75) is 53.4 Å². The molecule has 0 aliphatic rings. The van der Waals surface area contributed by atoms with Crippen molar-refractivity contribution in [3.05, 3.63) is 12.2 Å². The fourth-order valence-electron chi connectivity index (χ4n) is 1.72. The highest BCUT2D eigenvalue weighted by Gasteiger charge is 2.10. The predicted molar refractivity (Wildman–Crippen MR) is 57.3 cm³/mol. The average molecular weight is 168 g/mol. The average Bonchev–Trinajstić information content (AvgIpc) is 2.10. The predicted octanol–water partition coefficient (Wildman–Crippen LogP) is 4.42. The summed E-state index contributed by atoms with van der Waals surface area (Å²) in [6.45, 7) is 9.05. The number of hydrogen-bond donors (Lipinski definition) is 0.